The van der Waals surface area contributed by atoms with Crippen molar-refractivity contribution < 1.29 is 0 Å². The zero-order chi connectivity index (χ0) is 14.1. The lowest BCUT2D eigenvalue weighted by molar-refractivity contribution is 0.268. The second-order valence-corrected chi connectivity index (χ2v) is 6.51. The summed E-state index contributed by atoms with van der Waals surface area (Å²) in [6.45, 7) is 5.93. The number of hydrogen-bond acceptors (Lipinski definition) is 3. The predicted molar refractivity (Wildman–Crippen MR) is 90.6 cm³/mol. The molecule has 4 rings (SSSR count). The Morgan fingerprint density at radius 2 is 2.18 bits per heavy atom. The van der Waals surface area contributed by atoms with E-state index in [4.69, 9.17) is 0 Å². The van der Waals surface area contributed by atoms with E-state index in [1.165, 1.54) is 44.6 Å². The molecular formula is C17H23ClN4. The van der Waals surface area contributed by atoms with Crippen LogP contribution in [-0.4, -0.2) is 40.9 Å². The van der Waals surface area contributed by atoms with Gasteiger partial charge in [0.2, 0.25) is 0 Å². The standard InChI is InChI=1S/C17H22N4.ClH/c1-3-15(11-16(4-1)21-9-2-7-19-21)12-20-10-6-17(14-20)5-8-18-13-17;/h1-4,7,9,11,18H,5-6,8,10,12-14H2;1H. The minimum atomic E-state index is 0. The summed E-state index contributed by atoms with van der Waals surface area (Å²) >= 11 is 0. The van der Waals surface area contributed by atoms with Gasteiger partial charge in [-0.3, -0.25) is 4.90 Å². The van der Waals surface area contributed by atoms with Gasteiger partial charge in [-0.05, 0) is 55.1 Å². The number of halogens is 1. The topological polar surface area (TPSA) is 33.1 Å². The van der Waals surface area contributed by atoms with E-state index in [-0.39, 0.29) is 12.4 Å². The molecule has 1 N–H and O–H groups in total. The van der Waals surface area contributed by atoms with Crippen LogP contribution in [0.1, 0.15) is 18.4 Å². The highest BCUT2D eigenvalue weighted by molar-refractivity contribution is 5.85. The van der Waals surface area contributed by atoms with Gasteiger partial charge in [-0.25, -0.2) is 4.68 Å². The Balaban J connectivity index is 0.00000144. The Bertz CT molecular complexity index is 605. The molecule has 2 fully saturated rings. The molecule has 2 aliphatic heterocycles. The maximum atomic E-state index is 4.31. The quantitative estimate of drug-likeness (QED) is 0.944. The van der Waals surface area contributed by atoms with Crippen LogP contribution in [0.4, 0.5) is 0 Å². The summed E-state index contributed by atoms with van der Waals surface area (Å²) in [7, 11) is 0. The van der Waals surface area contributed by atoms with Gasteiger partial charge in [0.1, 0.15) is 0 Å². The zero-order valence-corrected chi connectivity index (χ0v) is 13.6. The molecule has 2 aromatic rings. The van der Waals surface area contributed by atoms with E-state index in [0.29, 0.717) is 5.41 Å². The minimum Gasteiger partial charge on any atom is -0.316 e. The highest BCUT2D eigenvalue weighted by Crippen LogP contribution is 2.36. The first kappa shape index (κ1) is 15.5. The predicted octanol–water partition coefficient (Wildman–Crippen LogP) is 2.48. The van der Waals surface area contributed by atoms with Crippen molar-refractivity contribution in [1.29, 1.82) is 0 Å². The van der Waals surface area contributed by atoms with E-state index in [1.807, 2.05) is 23.1 Å². The van der Waals surface area contributed by atoms with Gasteiger partial charge in [-0.2, -0.15) is 5.10 Å². The summed E-state index contributed by atoms with van der Waals surface area (Å²) in [6, 6.07) is 10.7. The highest BCUT2D eigenvalue weighted by atomic mass is 35.5. The van der Waals surface area contributed by atoms with Crippen molar-refractivity contribution in [1.82, 2.24) is 20.0 Å². The van der Waals surface area contributed by atoms with Gasteiger partial charge < -0.3 is 5.32 Å². The van der Waals surface area contributed by atoms with E-state index >= 15 is 0 Å². The number of nitrogens with zero attached hydrogens (tertiary/aromatic N) is 3. The van der Waals surface area contributed by atoms with Crippen LogP contribution >= 0.6 is 12.4 Å². The van der Waals surface area contributed by atoms with Gasteiger partial charge in [-0.1, -0.05) is 12.1 Å². The van der Waals surface area contributed by atoms with Crippen LogP contribution in [0.2, 0.25) is 0 Å². The Labute approximate surface area is 137 Å². The van der Waals surface area contributed by atoms with E-state index < -0.39 is 0 Å². The fourth-order valence-corrected chi connectivity index (χ4v) is 3.78. The Morgan fingerprint density at radius 3 is 2.95 bits per heavy atom. The largest absolute Gasteiger partial charge is 0.316 e. The summed E-state index contributed by atoms with van der Waals surface area (Å²) in [5.41, 5.74) is 3.08. The molecule has 1 spiro atoms. The van der Waals surface area contributed by atoms with Crippen LogP contribution in [-0.2, 0) is 6.54 Å². The molecule has 0 radical (unpaired) electrons. The molecule has 4 nitrogen and oxygen atoms in total. The number of hydrogen-bond donors (Lipinski definition) is 1. The third kappa shape index (κ3) is 3.05. The average molecular weight is 319 g/mol. The minimum absolute atomic E-state index is 0. The second-order valence-electron chi connectivity index (χ2n) is 6.51. The van der Waals surface area contributed by atoms with Gasteiger partial charge in [0, 0.05) is 32.0 Å². The van der Waals surface area contributed by atoms with Crippen molar-refractivity contribution in [3.8, 4) is 5.69 Å². The summed E-state index contributed by atoms with van der Waals surface area (Å²) in [4.78, 5) is 2.61. The molecule has 1 aromatic heterocycles. The summed E-state index contributed by atoms with van der Waals surface area (Å²) in [6.07, 6.45) is 6.51. The average Bonchev–Trinajstić information content (AvgIpc) is 3.24. The highest BCUT2D eigenvalue weighted by Gasteiger charge is 2.39. The lowest BCUT2D eigenvalue weighted by atomic mass is 9.86. The third-order valence-electron chi connectivity index (χ3n) is 4.94. The van der Waals surface area contributed by atoms with E-state index in [9.17, 15) is 0 Å². The molecule has 3 heterocycles. The Kier molecular flexibility index (Phi) is 4.52. The number of benzene rings is 1. The van der Waals surface area contributed by atoms with Crippen molar-refractivity contribution in [2.75, 3.05) is 26.2 Å². The normalized spacial score (nSPS) is 24.7. The molecule has 1 atom stereocenters. The molecule has 0 saturated carbocycles. The SMILES string of the molecule is Cl.c1cc(CN2CCC3(CCNC3)C2)cc(-n2cccn2)c1. The summed E-state index contributed by atoms with van der Waals surface area (Å²) in [5.74, 6) is 0. The third-order valence-corrected chi connectivity index (χ3v) is 4.94. The van der Waals surface area contributed by atoms with Crippen molar-refractivity contribution in [2.45, 2.75) is 19.4 Å². The smallest absolute Gasteiger partial charge is 0.0648 e. The van der Waals surface area contributed by atoms with Crippen LogP contribution < -0.4 is 5.32 Å². The van der Waals surface area contributed by atoms with Gasteiger partial charge in [0.05, 0.1) is 5.69 Å². The van der Waals surface area contributed by atoms with Crippen LogP contribution in [0.25, 0.3) is 5.69 Å². The number of likely N-dealkylation sites (tertiary alicyclic amines) is 1. The molecular weight excluding hydrogens is 296 g/mol. The first-order valence-corrected chi connectivity index (χ1v) is 7.85. The molecule has 118 valence electrons. The van der Waals surface area contributed by atoms with Gasteiger partial charge in [0.25, 0.3) is 0 Å². The fourth-order valence-electron chi connectivity index (χ4n) is 3.78. The molecule has 0 amide bonds. The van der Waals surface area contributed by atoms with Crippen molar-refractivity contribution in [3.63, 3.8) is 0 Å². The maximum absolute atomic E-state index is 4.31. The van der Waals surface area contributed by atoms with Crippen LogP contribution in [0.5, 0.6) is 0 Å². The first-order chi connectivity index (χ1) is 10.3. The number of rotatable bonds is 3. The van der Waals surface area contributed by atoms with Crippen LogP contribution in [0, 0.1) is 5.41 Å². The second kappa shape index (κ2) is 6.41. The van der Waals surface area contributed by atoms with Crippen molar-refractivity contribution in [3.05, 3.63) is 48.3 Å². The molecule has 0 bridgehead atoms. The molecule has 0 aliphatic carbocycles. The van der Waals surface area contributed by atoms with Gasteiger partial charge >= 0.3 is 0 Å². The van der Waals surface area contributed by atoms with Crippen molar-refractivity contribution in [2.24, 2.45) is 5.41 Å². The molecule has 1 aromatic carbocycles. The number of nitrogens with one attached hydrogen (secondary N) is 1. The molecule has 22 heavy (non-hydrogen) atoms. The van der Waals surface area contributed by atoms with Gasteiger partial charge in [0.15, 0.2) is 0 Å². The monoisotopic (exact) mass is 318 g/mol. The zero-order valence-electron chi connectivity index (χ0n) is 12.7. The number of aromatic nitrogens is 2. The molecule has 5 heteroatoms. The maximum Gasteiger partial charge on any atom is 0.0648 e. The summed E-state index contributed by atoms with van der Waals surface area (Å²) < 4.78 is 1.93. The lowest BCUT2D eigenvalue weighted by Crippen LogP contribution is -2.28. The molecule has 2 saturated heterocycles. The van der Waals surface area contributed by atoms with E-state index in [0.717, 1.165) is 12.2 Å². The Morgan fingerprint density at radius 1 is 1.23 bits per heavy atom. The van der Waals surface area contributed by atoms with Crippen LogP contribution in [0.3, 0.4) is 0 Å². The lowest BCUT2D eigenvalue weighted by Gasteiger charge is -2.23. The summed E-state index contributed by atoms with van der Waals surface area (Å²) in [5, 5.41) is 7.84. The van der Waals surface area contributed by atoms with E-state index in [1.54, 1.807) is 0 Å². The van der Waals surface area contributed by atoms with Crippen molar-refractivity contribution >= 4 is 12.4 Å². The molecule has 2 aliphatic rings. The van der Waals surface area contributed by atoms with E-state index in [2.05, 4.69) is 39.6 Å². The first-order valence-electron chi connectivity index (χ1n) is 7.85. The Hall–Kier alpha value is -1.36. The van der Waals surface area contributed by atoms with Gasteiger partial charge in [-0.15, -0.1) is 12.4 Å². The fraction of sp³-hybridized carbons (Fsp3) is 0.471. The van der Waals surface area contributed by atoms with Crippen LogP contribution in [0.15, 0.2) is 42.7 Å². The molecule has 1 unspecified atom stereocenters.